The molecule has 6 nitrogen and oxygen atoms in total. The maximum atomic E-state index is 12.7. The number of unbranched alkanes of at least 4 members (excludes halogenated alkanes) is 34. The molecule has 0 fully saturated rings. The Morgan fingerprint density at radius 1 is 0.328 bits per heavy atom. The minimum absolute atomic E-state index is 0.0632. The number of ether oxygens (including phenoxy) is 3. The van der Waals surface area contributed by atoms with Crippen LogP contribution in [-0.2, 0) is 28.6 Å². The molecule has 0 aromatic carbocycles. The summed E-state index contributed by atoms with van der Waals surface area (Å²) >= 11 is 0. The van der Waals surface area contributed by atoms with Gasteiger partial charge in [-0.3, -0.25) is 14.4 Å². The van der Waals surface area contributed by atoms with Crippen LogP contribution in [0.5, 0.6) is 0 Å². The lowest BCUT2D eigenvalue weighted by Crippen LogP contribution is -2.30. The summed E-state index contributed by atoms with van der Waals surface area (Å²) in [6, 6.07) is 0. The molecular formula is C52H100O6. The molecule has 0 unspecified atom stereocenters. The quantitative estimate of drug-likeness (QED) is 0.0346. The maximum absolute atomic E-state index is 12.7. The largest absolute Gasteiger partial charge is 0.462 e. The Bertz CT molecular complexity index is 872. The van der Waals surface area contributed by atoms with E-state index >= 15 is 0 Å². The Morgan fingerprint density at radius 2 is 0.569 bits per heavy atom. The van der Waals surface area contributed by atoms with Crippen LogP contribution in [0.2, 0.25) is 0 Å². The minimum Gasteiger partial charge on any atom is -0.462 e. The monoisotopic (exact) mass is 821 g/mol. The summed E-state index contributed by atoms with van der Waals surface area (Å²) < 4.78 is 16.8. The van der Waals surface area contributed by atoms with Crippen LogP contribution in [-0.4, -0.2) is 37.2 Å². The third kappa shape index (κ3) is 45.5. The average Bonchev–Trinajstić information content (AvgIpc) is 3.21. The molecule has 0 radical (unpaired) electrons. The van der Waals surface area contributed by atoms with Crippen molar-refractivity contribution in [3.63, 3.8) is 0 Å². The SMILES string of the molecule is CCCCCCCCCCCCCCCCCCCCC(=O)OC[C@@H](COC(=O)CCCCCCCCCCCC)OC(=O)CCCCCCCCCCCC(C)C. The van der Waals surface area contributed by atoms with Gasteiger partial charge in [-0.15, -0.1) is 0 Å². The molecule has 0 aliphatic rings. The van der Waals surface area contributed by atoms with Crippen molar-refractivity contribution in [3.05, 3.63) is 0 Å². The lowest BCUT2D eigenvalue weighted by atomic mass is 10.0. The van der Waals surface area contributed by atoms with Gasteiger partial charge in [0.25, 0.3) is 0 Å². The zero-order chi connectivity index (χ0) is 42.4. The molecule has 0 saturated heterocycles. The van der Waals surface area contributed by atoms with Gasteiger partial charge in [0.2, 0.25) is 0 Å². The van der Waals surface area contributed by atoms with Gasteiger partial charge in [-0.2, -0.15) is 0 Å². The Kier molecular flexibility index (Phi) is 45.2. The average molecular weight is 821 g/mol. The molecule has 0 aliphatic heterocycles. The molecule has 0 aromatic rings. The van der Waals surface area contributed by atoms with E-state index in [1.165, 1.54) is 186 Å². The first-order valence-corrected chi connectivity index (χ1v) is 25.9. The third-order valence-corrected chi connectivity index (χ3v) is 11.8. The molecule has 0 saturated carbocycles. The zero-order valence-corrected chi connectivity index (χ0v) is 39.5. The van der Waals surface area contributed by atoms with Gasteiger partial charge in [0.15, 0.2) is 6.10 Å². The molecule has 6 heteroatoms. The van der Waals surface area contributed by atoms with E-state index in [-0.39, 0.29) is 31.1 Å². The van der Waals surface area contributed by atoms with Crippen molar-refractivity contribution in [1.29, 1.82) is 0 Å². The lowest BCUT2D eigenvalue weighted by Gasteiger charge is -2.18. The topological polar surface area (TPSA) is 78.9 Å². The van der Waals surface area contributed by atoms with E-state index in [0.29, 0.717) is 19.3 Å². The van der Waals surface area contributed by atoms with Crippen molar-refractivity contribution in [2.45, 2.75) is 297 Å². The van der Waals surface area contributed by atoms with Gasteiger partial charge in [-0.05, 0) is 25.2 Å². The van der Waals surface area contributed by atoms with E-state index in [4.69, 9.17) is 14.2 Å². The van der Waals surface area contributed by atoms with Crippen molar-refractivity contribution in [3.8, 4) is 0 Å². The van der Waals surface area contributed by atoms with Crippen LogP contribution in [0.1, 0.15) is 291 Å². The summed E-state index contributed by atoms with van der Waals surface area (Å²) in [7, 11) is 0. The molecule has 0 aliphatic carbocycles. The number of carbonyl (C=O) groups is 3. The molecule has 0 spiro atoms. The standard InChI is InChI=1S/C52H100O6/c1-5-7-9-11-13-15-17-18-19-20-21-22-23-24-28-32-36-40-44-51(54)57-47-49(46-56-50(53)43-39-35-31-27-16-14-12-10-8-6-2)58-52(55)45-41-37-33-29-25-26-30-34-38-42-48(3)4/h48-49H,5-47H2,1-4H3/t49-/m1/s1. The summed E-state index contributed by atoms with van der Waals surface area (Å²) in [6.45, 7) is 8.99. The van der Waals surface area contributed by atoms with Crippen LogP contribution < -0.4 is 0 Å². The number of carbonyl (C=O) groups excluding carboxylic acids is 3. The summed E-state index contributed by atoms with van der Waals surface area (Å²) in [6.07, 6.45) is 48.1. The van der Waals surface area contributed by atoms with Gasteiger partial charge in [-0.1, -0.05) is 252 Å². The molecule has 344 valence electrons. The fourth-order valence-electron chi connectivity index (χ4n) is 7.86. The molecule has 0 amide bonds. The number of rotatable bonds is 47. The van der Waals surface area contributed by atoms with Crippen molar-refractivity contribution in [2.75, 3.05) is 13.2 Å². The Morgan fingerprint density at radius 3 is 0.845 bits per heavy atom. The maximum Gasteiger partial charge on any atom is 0.306 e. The van der Waals surface area contributed by atoms with E-state index in [0.717, 1.165) is 63.7 Å². The van der Waals surface area contributed by atoms with Crippen LogP contribution >= 0.6 is 0 Å². The number of hydrogen-bond acceptors (Lipinski definition) is 6. The fraction of sp³-hybridized carbons (Fsp3) is 0.942. The minimum atomic E-state index is -0.760. The van der Waals surface area contributed by atoms with Gasteiger partial charge in [-0.25, -0.2) is 0 Å². The Labute approximate surface area is 361 Å². The highest BCUT2D eigenvalue weighted by atomic mass is 16.6. The normalized spacial score (nSPS) is 11.9. The summed E-state index contributed by atoms with van der Waals surface area (Å²) in [5.41, 5.74) is 0. The first-order valence-electron chi connectivity index (χ1n) is 25.9. The Hall–Kier alpha value is -1.59. The van der Waals surface area contributed by atoms with Crippen molar-refractivity contribution in [1.82, 2.24) is 0 Å². The second-order valence-electron chi connectivity index (χ2n) is 18.3. The number of hydrogen-bond donors (Lipinski definition) is 0. The van der Waals surface area contributed by atoms with Gasteiger partial charge in [0.05, 0.1) is 0 Å². The van der Waals surface area contributed by atoms with Crippen LogP contribution in [0, 0.1) is 5.92 Å². The van der Waals surface area contributed by atoms with Gasteiger partial charge < -0.3 is 14.2 Å². The van der Waals surface area contributed by atoms with Crippen LogP contribution in [0.15, 0.2) is 0 Å². The second kappa shape index (κ2) is 46.5. The van der Waals surface area contributed by atoms with Crippen molar-refractivity contribution >= 4 is 17.9 Å². The summed E-state index contributed by atoms with van der Waals surface area (Å²) in [5.74, 6) is -0.0420. The van der Waals surface area contributed by atoms with E-state index in [2.05, 4.69) is 27.7 Å². The highest BCUT2D eigenvalue weighted by Gasteiger charge is 2.19. The lowest BCUT2D eigenvalue weighted by molar-refractivity contribution is -0.167. The molecule has 0 rings (SSSR count). The van der Waals surface area contributed by atoms with Crippen molar-refractivity contribution < 1.29 is 28.6 Å². The third-order valence-electron chi connectivity index (χ3n) is 11.8. The van der Waals surface area contributed by atoms with Crippen LogP contribution in [0.3, 0.4) is 0 Å². The summed E-state index contributed by atoms with van der Waals surface area (Å²) in [5, 5.41) is 0. The zero-order valence-electron chi connectivity index (χ0n) is 39.5. The summed E-state index contributed by atoms with van der Waals surface area (Å²) in [4.78, 5) is 37.9. The van der Waals surface area contributed by atoms with Gasteiger partial charge >= 0.3 is 17.9 Å². The number of esters is 3. The first-order chi connectivity index (χ1) is 28.4. The van der Waals surface area contributed by atoms with Crippen LogP contribution in [0.25, 0.3) is 0 Å². The first kappa shape index (κ1) is 56.4. The van der Waals surface area contributed by atoms with Gasteiger partial charge in [0.1, 0.15) is 13.2 Å². The van der Waals surface area contributed by atoms with E-state index < -0.39 is 6.10 Å². The highest BCUT2D eigenvalue weighted by Crippen LogP contribution is 2.17. The van der Waals surface area contributed by atoms with Gasteiger partial charge in [0, 0.05) is 19.3 Å². The predicted octanol–water partition coefficient (Wildman–Crippen LogP) is 16.7. The molecule has 0 N–H and O–H groups in total. The highest BCUT2D eigenvalue weighted by molar-refractivity contribution is 5.71. The van der Waals surface area contributed by atoms with E-state index in [1.54, 1.807) is 0 Å². The molecule has 0 aromatic heterocycles. The smallest absolute Gasteiger partial charge is 0.306 e. The molecule has 0 bridgehead atoms. The fourth-order valence-corrected chi connectivity index (χ4v) is 7.86. The Balaban J connectivity index is 4.24. The molecule has 58 heavy (non-hydrogen) atoms. The molecule has 0 heterocycles. The van der Waals surface area contributed by atoms with E-state index in [9.17, 15) is 14.4 Å². The van der Waals surface area contributed by atoms with E-state index in [1.807, 2.05) is 0 Å². The molecular weight excluding hydrogens is 721 g/mol. The predicted molar refractivity (Wildman–Crippen MR) is 247 cm³/mol. The van der Waals surface area contributed by atoms with Crippen LogP contribution in [0.4, 0.5) is 0 Å². The van der Waals surface area contributed by atoms with Crippen molar-refractivity contribution in [2.24, 2.45) is 5.92 Å². The second-order valence-corrected chi connectivity index (χ2v) is 18.3. The molecule has 1 atom stereocenters.